The second-order valence-corrected chi connectivity index (χ2v) is 7.73. The number of ether oxygens (including phenoxy) is 1. The number of aromatic amines is 1. The van der Waals surface area contributed by atoms with Gasteiger partial charge in [-0.15, -0.1) is 0 Å². The van der Waals surface area contributed by atoms with Gasteiger partial charge < -0.3 is 38.1 Å². The molecule has 0 atom stereocenters. The number of hydrogen-bond acceptors (Lipinski definition) is 3. The normalized spacial score (nSPS) is 10.9. The van der Waals surface area contributed by atoms with E-state index >= 15 is 0 Å². The molecule has 0 fully saturated rings. The van der Waals surface area contributed by atoms with E-state index in [0.29, 0.717) is 31.9 Å². The largest absolute Gasteiger partial charge is 1.00 e. The number of nitrogens with one attached hydrogen (secondary N) is 4. The second-order valence-electron chi connectivity index (χ2n) is 7.73. The van der Waals surface area contributed by atoms with Crippen LogP contribution in [0.4, 0.5) is 4.79 Å². The second kappa shape index (κ2) is 10.5. The van der Waals surface area contributed by atoms with Crippen LogP contribution in [-0.4, -0.2) is 50.3 Å². The van der Waals surface area contributed by atoms with Crippen molar-refractivity contribution in [1.82, 2.24) is 20.9 Å². The number of urea groups is 1. The van der Waals surface area contributed by atoms with Crippen molar-refractivity contribution >= 4 is 44.5 Å². The van der Waals surface area contributed by atoms with Gasteiger partial charge in [-0.3, -0.25) is 4.79 Å². The Bertz CT molecular complexity index is 1320. The lowest BCUT2D eigenvalue weighted by molar-refractivity contribution is -0.670. The molecular formula is C24H28ClN5O3. The van der Waals surface area contributed by atoms with Gasteiger partial charge in [-0.1, -0.05) is 18.2 Å². The SMILES string of the molecule is CNC(=O)NCCOCCNC(=O)c1c2cc[n+](C)cc2c(C)c2c1[nH]c1ccccc12.[Cl-]. The van der Waals surface area contributed by atoms with Gasteiger partial charge in [-0.2, -0.15) is 0 Å². The van der Waals surface area contributed by atoms with E-state index in [9.17, 15) is 9.59 Å². The molecule has 0 radical (unpaired) electrons. The van der Waals surface area contributed by atoms with Gasteiger partial charge in [-0.25, -0.2) is 9.36 Å². The maximum Gasteiger partial charge on any atom is 0.314 e. The summed E-state index contributed by atoms with van der Waals surface area (Å²) < 4.78 is 7.50. The Labute approximate surface area is 198 Å². The summed E-state index contributed by atoms with van der Waals surface area (Å²) in [7, 11) is 3.54. The van der Waals surface area contributed by atoms with Gasteiger partial charge in [0.05, 0.1) is 29.7 Å². The third-order valence-electron chi connectivity index (χ3n) is 5.62. The number of aromatic nitrogens is 2. The van der Waals surface area contributed by atoms with Crippen LogP contribution in [0, 0.1) is 6.92 Å². The molecule has 174 valence electrons. The minimum absolute atomic E-state index is 0. The van der Waals surface area contributed by atoms with E-state index in [1.807, 2.05) is 42.1 Å². The van der Waals surface area contributed by atoms with Gasteiger partial charge in [0.1, 0.15) is 7.05 Å². The van der Waals surface area contributed by atoms with Crippen molar-refractivity contribution < 1.29 is 31.3 Å². The molecule has 2 heterocycles. The Morgan fingerprint density at radius 3 is 2.52 bits per heavy atom. The van der Waals surface area contributed by atoms with E-state index in [-0.39, 0.29) is 24.3 Å². The molecule has 0 spiro atoms. The standard InChI is InChI=1S/C24H27N5O3.ClH/c1-15-18-14-29(3)11-8-16(18)21(22-20(15)17-6-4-5-7-19(17)28-22)23(30)26-9-12-32-13-10-27-24(31)25-2;/h4-8,11,14H,9-10,12-13H2,1-3H3,(H3,25,26,27,30,31);1H. The van der Waals surface area contributed by atoms with Crippen LogP contribution in [-0.2, 0) is 11.8 Å². The fourth-order valence-electron chi connectivity index (χ4n) is 4.09. The number of carbonyl (C=O) groups is 2. The van der Waals surface area contributed by atoms with Crippen molar-refractivity contribution in [2.45, 2.75) is 6.92 Å². The van der Waals surface area contributed by atoms with E-state index < -0.39 is 0 Å². The summed E-state index contributed by atoms with van der Waals surface area (Å²) in [6.45, 7) is 3.61. The summed E-state index contributed by atoms with van der Waals surface area (Å²) in [6, 6.07) is 9.86. The number of fused-ring (bicyclic) bond motifs is 4. The van der Waals surface area contributed by atoms with Crippen molar-refractivity contribution in [1.29, 1.82) is 0 Å². The quantitative estimate of drug-likeness (QED) is 0.212. The first-order chi connectivity index (χ1) is 15.5. The van der Waals surface area contributed by atoms with E-state index in [1.165, 1.54) is 0 Å². The van der Waals surface area contributed by atoms with Crippen LogP contribution in [0.2, 0.25) is 0 Å². The summed E-state index contributed by atoms with van der Waals surface area (Å²) in [5.74, 6) is -0.146. The number of halogens is 1. The molecule has 33 heavy (non-hydrogen) atoms. The zero-order valence-electron chi connectivity index (χ0n) is 18.9. The van der Waals surface area contributed by atoms with Gasteiger partial charge in [0, 0.05) is 47.9 Å². The van der Waals surface area contributed by atoms with Gasteiger partial charge in [0.15, 0.2) is 12.4 Å². The van der Waals surface area contributed by atoms with Crippen molar-refractivity contribution in [2.75, 3.05) is 33.4 Å². The third-order valence-corrected chi connectivity index (χ3v) is 5.62. The summed E-state index contributed by atoms with van der Waals surface area (Å²) >= 11 is 0. The number of aryl methyl sites for hydroxylation is 2. The highest BCUT2D eigenvalue weighted by molar-refractivity contribution is 6.24. The molecule has 0 aliphatic rings. The number of nitrogens with zero attached hydrogens (tertiary/aromatic N) is 1. The fourth-order valence-corrected chi connectivity index (χ4v) is 4.09. The van der Waals surface area contributed by atoms with Crippen LogP contribution >= 0.6 is 0 Å². The maximum atomic E-state index is 13.3. The topological polar surface area (TPSA) is 99.1 Å². The molecule has 0 bridgehead atoms. The third kappa shape index (κ3) is 4.86. The predicted octanol–water partition coefficient (Wildman–Crippen LogP) is -0.713. The van der Waals surface area contributed by atoms with Gasteiger partial charge in [0.2, 0.25) is 0 Å². The number of H-pyrrole nitrogens is 1. The minimum Gasteiger partial charge on any atom is -1.00 e. The maximum absolute atomic E-state index is 13.3. The fraction of sp³-hybridized carbons (Fsp3) is 0.292. The highest BCUT2D eigenvalue weighted by atomic mass is 35.5. The van der Waals surface area contributed by atoms with E-state index in [2.05, 4.69) is 40.1 Å². The lowest BCUT2D eigenvalue weighted by Crippen LogP contribution is -3.00. The summed E-state index contributed by atoms with van der Waals surface area (Å²) in [5.41, 5.74) is 3.63. The van der Waals surface area contributed by atoms with Crippen LogP contribution in [0.3, 0.4) is 0 Å². The summed E-state index contributed by atoms with van der Waals surface area (Å²) in [6.07, 6.45) is 4.01. The summed E-state index contributed by atoms with van der Waals surface area (Å²) in [4.78, 5) is 27.9. The van der Waals surface area contributed by atoms with E-state index in [4.69, 9.17) is 4.74 Å². The van der Waals surface area contributed by atoms with Crippen LogP contribution in [0.5, 0.6) is 0 Å². The van der Waals surface area contributed by atoms with Crippen LogP contribution in [0.15, 0.2) is 42.7 Å². The molecule has 0 saturated carbocycles. The lowest BCUT2D eigenvalue weighted by atomic mass is 9.95. The number of carbonyl (C=O) groups excluding carboxylic acids is 2. The van der Waals surface area contributed by atoms with Crippen molar-refractivity contribution in [3.05, 3.63) is 53.9 Å². The van der Waals surface area contributed by atoms with Crippen molar-refractivity contribution in [2.24, 2.45) is 7.05 Å². The van der Waals surface area contributed by atoms with Crippen molar-refractivity contribution in [3.8, 4) is 0 Å². The first kappa shape index (κ1) is 24.3. The molecule has 0 aliphatic carbocycles. The molecular weight excluding hydrogens is 442 g/mol. The molecule has 2 aromatic heterocycles. The summed E-state index contributed by atoms with van der Waals surface area (Å²) in [5, 5.41) is 12.2. The first-order valence-electron chi connectivity index (χ1n) is 10.6. The molecule has 8 nitrogen and oxygen atoms in total. The van der Waals surface area contributed by atoms with Gasteiger partial charge >= 0.3 is 6.03 Å². The molecule has 4 aromatic rings. The van der Waals surface area contributed by atoms with Crippen LogP contribution in [0.1, 0.15) is 15.9 Å². The Morgan fingerprint density at radius 2 is 1.76 bits per heavy atom. The number of para-hydroxylation sites is 1. The average Bonchev–Trinajstić information content (AvgIpc) is 3.18. The smallest absolute Gasteiger partial charge is 0.314 e. The lowest BCUT2D eigenvalue weighted by Gasteiger charge is -2.12. The number of benzene rings is 2. The highest BCUT2D eigenvalue weighted by Crippen LogP contribution is 2.36. The number of amides is 3. The molecule has 9 heteroatoms. The molecule has 0 aliphatic heterocycles. The molecule has 4 rings (SSSR count). The Morgan fingerprint density at radius 1 is 1.03 bits per heavy atom. The van der Waals surface area contributed by atoms with Gasteiger partial charge in [0.25, 0.3) is 5.91 Å². The molecule has 0 saturated heterocycles. The average molecular weight is 470 g/mol. The number of pyridine rings is 1. The van der Waals surface area contributed by atoms with Crippen LogP contribution in [0.25, 0.3) is 32.6 Å². The first-order valence-corrected chi connectivity index (χ1v) is 10.6. The number of hydrogen-bond donors (Lipinski definition) is 4. The van der Waals surface area contributed by atoms with E-state index in [0.717, 1.165) is 38.1 Å². The van der Waals surface area contributed by atoms with Crippen LogP contribution < -0.4 is 32.9 Å². The zero-order chi connectivity index (χ0) is 22.7. The predicted molar refractivity (Wildman–Crippen MR) is 125 cm³/mol. The Balaban J connectivity index is 0.00000306. The Kier molecular flexibility index (Phi) is 7.73. The highest BCUT2D eigenvalue weighted by Gasteiger charge is 2.22. The molecule has 4 N–H and O–H groups in total. The Hall–Kier alpha value is -3.36. The molecule has 0 unspecified atom stereocenters. The molecule has 2 aromatic carbocycles. The monoisotopic (exact) mass is 469 g/mol. The van der Waals surface area contributed by atoms with Crippen molar-refractivity contribution in [3.63, 3.8) is 0 Å². The molecule has 3 amide bonds. The zero-order valence-corrected chi connectivity index (χ0v) is 19.7. The van der Waals surface area contributed by atoms with E-state index in [1.54, 1.807) is 7.05 Å². The number of rotatable bonds is 7. The van der Waals surface area contributed by atoms with Gasteiger partial charge in [-0.05, 0) is 18.6 Å². The minimum atomic E-state index is -0.246.